The van der Waals surface area contributed by atoms with E-state index in [9.17, 15) is 4.79 Å². The summed E-state index contributed by atoms with van der Waals surface area (Å²) in [6.45, 7) is 6.85. The lowest BCUT2D eigenvalue weighted by molar-refractivity contribution is -0.135. The third-order valence-corrected chi connectivity index (χ3v) is 2.43. The molecule has 0 N–H and O–H groups in total. The van der Waals surface area contributed by atoms with Gasteiger partial charge in [-0.05, 0) is 17.7 Å². The highest BCUT2D eigenvalue weighted by Gasteiger charge is 2.09. The number of carbonyl (C=O) groups excluding carboxylic acids is 1. The van der Waals surface area contributed by atoms with Gasteiger partial charge in [-0.15, -0.1) is 0 Å². The Kier molecular flexibility index (Phi) is 4.07. The van der Waals surface area contributed by atoms with Crippen LogP contribution in [0.4, 0.5) is 0 Å². The van der Waals surface area contributed by atoms with Gasteiger partial charge in [0.25, 0.3) is 5.70 Å². The van der Waals surface area contributed by atoms with Crippen molar-refractivity contribution in [2.45, 2.75) is 0 Å². The summed E-state index contributed by atoms with van der Waals surface area (Å²) in [5.41, 5.74) is 0.735. The van der Waals surface area contributed by atoms with Crippen LogP contribution in [0.15, 0.2) is 34.4 Å². The molecule has 0 atom stereocenters. The Hall–Kier alpha value is -1.60. The molecule has 0 aliphatic heterocycles. The molecule has 0 unspecified atom stereocenters. The second-order valence-corrected chi connectivity index (χ2v) is 3.51. The molecule has 0 aliphatic rings. The van der Waals surface area contributed by atoms with Gasteiger partial charge in [0.2, 0.25) is 0 Å². The van der Waals surface area contributed by atoms with Gasteiger partial charge in [0.1, 0.15) is 0 Å². The van der Waals surface area contributed by atoms with Crippen molar-refractivity contribution in [2.24, 2.45) is 0 Å². The first-order valence-electron chi connectivity index (χ1n) is 4.11. The van der Waals surface area contributed by atoms with E-state index in [0.29, 0.717) is 0 Å². The fourth-order valence-corrected chi connectivity index (χ4v) is 1.38. The van der Waals surface area contributed by atoms with E-state index < -0.39 is 5.97 Å². The average Bonchev–Trinajstić information content (AvgIpc) is 2.27. The topological polar surface area (TPSA) is 30.7 Å². The van der Waals surface area contributed by atoms with Crippen molar-refractivity contribution in [1.29, 1.82) is 0 Å². The number of hydrogen-bond donors (Lipinski definition) is 0. The van der Waals surface area contributed by atoms with Crippen molar-refractivity contribution in [3.63, 3.8) is 0 Å². The summed E-state index contributed by atoms with van der Waals surface area (Å²) in [7, 11) is 1.25. The van der Waals surface area contributed by atoms with Crippen LogP contribution in [0.1, 0.15) is 5.56 Å². The third kappa shape index (κ3) is 2.93. The molecule has 4 heteroatoms. The molecule has 1 aromatic rings. The van der Waals surface area contributed by atoms with E-state index in [1.807, 2.05) is 18.2 Å². The highest BCUT2D eigenvalue weighted by atomic mass is 79.9. The number of nitrogens with zero attached hydrogens (tertiary/aromatic N) is 1. The summed E-state index contributed by atoms with van der Waals surface area (Å²) in [6.07, 6.45) is 1.49. The summed E-state index contributed by atoms with van der Waals surface area (Å²) in [5.74, 6) is -0.624. The zero-order valence-corrected chi connectivity index (χ0v) is 9.61. The van der Waals surface area contributed by atoms with Crippen LogP contribution in [0.2, 0.25) is 0 Å². The second kappa shape index (κ2) is 5.32. The Balaban J connectivity index is 3.11. The van der Waals surface area contributed by atoms with Gasteiger partial charge >= 0.3 is 5.97 Å². The van der Waals surface area contributed by atoms with Crippen molar-refractivity contribution in [2.75, 3.05) is 7.11 Å². The molecule has 0 radical (unpaired) electrons. The summed E-state index contributed by atoms with van der Waals surface area (Å²) in [6, 6.07) is 7.33. The molecular formula is C11H8BrNO2. The zero-order chi connectivity index (χ0) is 11.3. The maximum absolute atomic E-state index is 11.1. The highest BCUT2D eigenvalue weighted by molar-refractivity contribution is 9.10. The first-order chi connectivity index (χ1) is 7.19. The van der Waals surface area contributed by atoms with Gasteiger partial charge in [-0.25, -0.2) is 4.85 Å². The largest absolute Gasteiger partial charge is 0.474 e. The Morgan fingerprint density at radius 1 is 1.53 bits per heavy atom. The van der Waals surface area contributed by atoms with Crippen LogP contribution in [0.25, 0.3) is 10.9 Å². The Bertz CT molecular complexity index is 446. The minimum atomic E-state index is -0.624. The standard InChI is InChI=1S/C11H8BrNO2/c1-13-10(11(14)15-2)7-8-5-3-4-6-9(8)12/h3-7H,2H3. The third-order valence-electron chi connectivity index (χ3n) is 1.71. The van der Waals surface area contributed by atoms with Crippen LogP contribution in [-0.4, -0.2) is 13.1 Å². The SMILES string of the molecule is [C-]#[N+]C(=Cc1ccccc1Br)C(=O)OC. The van der Waals surface area contributed by atoms with Crippen LogP contribution < -0.4 is 0 Å². The van der Waals surface area contributed by atoms with Gasteiger partial charge in [-0.2, -0.15) is 0 Å². The van der Waals surface area contributed by atoms with E-state index in [0.717, 1.165) is 10.0 Å². The number of ether oxygens (including phenoxy) is 1. The predicted molar refractivity (Wildman–Crippen MR) is 60.7 cm³/mol. The first kappa shape index (κ1) is 11.5. The van der Waals surface area contributed by atoms with Crippen molar-refractivity contribution >= 4 is 28.0 Å². The molecule has 1 rings (SSSR count). The number of hydrogen-bond acceptors (Lipinski definition) is 2. The molecule has 0 heterocycles. The molecule has 3 nitrogen and oxygen atoms in total. The van der Waals surface area contributed by atoms with Crippen molar-refractivity contribution < 1.29 is 9.53 Å². The van der Waals surface area contributed by atoms with Gasteiger partial charge in [-0.3, -0.25) is 4.79 Å². The minimum Gasteiger partial charge on any atom is -0.474 e. The van der Waals surface area contributed by atoms with Crippen LogP contribution in [0.3, 0.4) is 0 Å². The molecule has 76 valence electrons. The summed E-state index contributed by atoms with van der Waals surface area (Å²) in [4.78, 5) is 14.3. The highest BCUT2D eigenvalue weighted by Crippen LogP contribution is 2.19. The molecule has 0 amide bonds. The maximum atomic E-state index is 11.1. The van der Waals surface area contributed by atoms with E-state index in [1.165, 1.54) is 13.2 Å². The van der Waals surface area contributed by atoms with E-state index in [1.54, 1.807) is 6.07 Å². The number of rotatable bonds is 2. The maximum Gasteiger partial charge on any atom is 0.336 e. The Labute approximate surface area is 96.3 Å². The van der Waals surface area contributed by atoms with E-state index >= 15 is 0 Å². The molecule has 0 aliphatic carbocycles. The molecule has 0 saturated carbocycles. The smallest absolute Gasteiger partial charge is 0.336 e. The molecule has 0 aromatic heterocycles. The average molecular weight is 266 g/mol. The molecule has 15 heavy (non-hydrogen) atoms. The first-order valence-corrected chi connectivity index (χ1v) is 4.90. The van der Waals surface area contributed by atoms with E-state index in [2.05, 4.69) is 25.5 Å². The minimum absolute atomic E-state index is 0.0376. The zero-order valence-electron chi connectivity index (χ0n) is 8.03. The predicted octanol–water partition coefficient (Wildman–Crippen LogP) is 2.88. The molecule has 0 bridgehead atoms. The van der Waals surface area contributed by atoms with Crippen molar-refractivity contribution in [1.82, 2.24) is 0 Å². The number of carbonyl (C=O) groups is 1. The number of halogens is 1. The van der Waals surface area contributed by atoms with Gasteiger partial charge in [0.15, 0.2) is 0 Å². The van der Waals surface area contributed by atoms with Gasteiger partial charge < -0.3 is 4.74 Å². The summed E-state index contributed by atoms with van der Waals surface area (Å²) in [5, 5.41) is 0. The monoisotopic (exact) mass is 265 g/mol. The van der Waals surface area contributed by atoms with Crippen molar-refractivity contribution in [3.05, 3.63) is 51.4 Å². The normalized spacial score (nSPS) is 10.6. The summed E-state index contributed by atoms with van der Waals surface area (Å²) >= 11 is 3.33. The van der Waals surface area contributed by atoms with Crippen LogP contribution in [-0.2, 0) is 9.53 Å². The van der Waals surface area contributed by atoms with Crippen molar-refractivity contribution in [3.8, 4) is 0 Å². The molecule has 0 fully saturated rings. The lowest BCUT2D eigenvalue weighted by Gasteiger charge is -1.99. The van der Waals surface area contributed by atoms with Crippen LogP contribution in [0.5, 0.6) is 0 Å². The molecule has 0 saturated heterocycles. The van der Waals surface area contributed by atoms with E-state index in [4.69, 9.17) is 6.57 Å². The van der Waals surface area contributed by atoms with Gasteiger partial charge in [-0.1, -0.05) is 34.1 Å². The van der Waals surface area contributed by atoms with E-state index in [-0.39, 0.29) is 5.70 Å². The number of methoxy groups -OCH3 is 1. The van der Waals surface area contributed by atoms with Gasteiger partial charge in [0.05, 0.1) is 13.7 Å². The molecule has 0 spiro atoms. The van der Waals surface area contributed by atoms with Crippen LogP contribution in [0, 0.1) is 6.57 Å². The fourth-order valence-electron chi connectivity index (χ4n) is 0.981. The lowest BCUT2D eigenvalue weighted by atomic mass is 10.2. The number of benzene rings is 1. The quantitative estimate of drug-likeness (QED) is 0.468. The fraction of sp³-hybridized carbons (Fsp3) is 0.0909. The molecular weight excluding hydrogens is 258 g/mol. The number of esters is 1. The molecule has 1 aromatic carbocycles. The summed E-state index contributed by atoms with van der Waals surface area (Å²) < 4.78 is 5.31. The van der Waals surface area contributed by atoms with Crippen LogP contribution >= 0.6 is 15.9 Å². The Morgan fingerprint density at radius 3 is 2.73 bits per heavy atom. The second-order valence-electron chi connectivity index (χ2n) is 2.65. The lowest BCUT2D eigenvalue weighted by Crippen LogP contribution is -2.01. The van der Waals surface area contributed by atoms with Gasteiger partial charge in [0, 0.05) is 4.47 Å². The Morgan fingerprint density at radius 2 is 2.20 bits per heavy atom.